The van der Waals surface area contributed by atoms with E-state index >= 15 is 0 Å². The lowest BCUT2D eigenvalue weighted by Gasteiger charge is -2.05. The largest absolute Gasteiger partial charge is 0.493 e. The molecule has 0 bridgehead atoms. The van der Waals surface area contributed by atoms with E-state index < -0.39 is 4.92 Å². The minimum atomic E-state index is -0.478. The van der Waals surface area contributed by atoms with Gasteiger partial charge < -0.3 is 4.74 Å². The van der Waals surface area contributed by atoms with E-state index in [0.29, 0.717) is 12.4 Å². The molecule has 0 unspecified atom stereocenters. The third-order valence-corrected chi connectivity index (χ3v) is 2.47. The fourth-order valence-corrected chi connectivity index (χ4v) is 1.54. The SMILES string of the molecule is O=[N+]([O-])c1[c]cc(OCCc2ccccc2)cc1. The zero-order valence-electron chi connectivity index (χ0n) is 9.70. The lowest BCUT2D eigenvalue weighted by Crippen LogP contribution is -2.01. The monoisotopic (exact) mass is 242 g/mol. The van der Waals surface area contributed by atoms with Crippen molar-refractivity contribution in [3.8, 4) is 5.75 Å². The molecule has 0 spiro atoms. The van der Waals surface area contributed by atoms with E-state index in [1.54, 1.807) is 6.07 Å². The highest BCUT2D eigenvalue weighted by Gasteiger charge is 2.04. The second-order valence-corrected chi connectivity index (χ2v) is 3.75. The highest BCUT2D eigenvalue weighted by atomic mass is 16.6. The molecule has 2 aromatic carbocycles. The van der Waals surface area contributed by atoms with Gasteiger partial charge in [-0.05, 0) is 17.7 Å². The van der Waals surface area contributed by atoms with E-state index in [9.17, 15) is 10.1 Å². The summed E-state index contributed by atoms with van der Waals surface area (Å²) >= 11 is 0. The molecule has 0 amide bonds. The average molecular weight is 242 g/mol. The van der Waals surface area contributed by atoms with Crippen LogP contribution in [0.1, 0.15) is 5.56 Å². The van der Waals surface area contributed by atoms with Gasteiger partial charge in [-0.15, -0.1) is 0 Å². The van der Waals surface area contributed by atoms with Crippen LogP contribution in [-0.2, 0) is 6.42 Å². The Morgan fingerprint density at radius 2 is 1.94 bits per heavy atom. The zero-order valence-corrected chi connectivity index (χ0v) is 9.70. The predicted molar refractivity (Wildman–Crippen MR) is 67.6 cm³/mol. The van der Waals surface area contributed by atoms with Crippen molar-refractivity contribution in [3.63, 3.8) is 0 Å². The molecule has 1 radical (unpaired) electrons. The fourth-order valence-electron chi connectivity index (χ4n) is 1.54. The molecule has 0 aliphatic carbocycles. The molecule has 91 valence electrons. The van der Waals surface area contributed by atoms with Gasteiger partial charge in [0.15, 0.2) is 0 Å². The van der Waals surface area contributed by atoms with Crippen LogP contribution in [0.5, 0.6) is 5.75 Å². The Hall–Kier alpha value is -2.36. The number of benzene rings is 2. The summed E-state index contributed by atoms with van der Waals surface area (Å²) in [6, 6.07) is 17.0. The Morgan fingerprint density at radius 1 is 1.17 bits per heavy atom. The molecule has 4 nitrogen and oxygen atoms in total. The molecule has 18 heavy (non-hydrogen) atoms. The second kappa shape index (κ2) is 5.82. The maximum atomic E-state index is 10.4. The number of non-ortho nitro benzene ring substituents is 1. The third-order valence-electron chi connectivity index (χ3n) is 2.47. The van der Waals surface area contributed by atoms with Crippen molar-refractivity contribution >= 4 is 5.69 Å². The van der Waals surface area contributed by atoms with Gasteiger partial charge in [-0.1, -0.05) is 30.3 Å². The number of nitro groups is 1. The molecule has 0 N–H and O–H groups in total. The summed E-state index contributed by atoms with van der Waals surface area (Å²) in [7, 11) is 0. The van der Waals surface area contributed by atoms with Gasteiger partial charge in [-0.2, -0.15) is 0 Å². The summed E-state index contributed by atoms with van der Waals surface area (Å²) in [6.45, 7) is 0.537. The lowest BCUT2D eigenvalue weighted by atomic mass is 10.2. The highest BCUT2D eigenvalue weighted by Crippen LogP contribution is 2.16. The Kier molecular flexibility index (Phi) is 3.91. The smallest absolute Gasteiger partial charge is 0.277 e. The van der Waals surface area contributed by atoms with Gasteiger partial charge in [0, 0.05) is 12.5 Å². The summed E-state index contributed by atoms with van der Waals surface area (Å²) in [5, 5.41) is 10.4. The Balaban J connectivity index is 1.85. The number of ether oxygens (including phenoxy) is 1. The number of rotatable bonds is 5. The second-order valence-electron chi connectivity index (χ2n) is 3.75. The Bertz CT molecular complexity index is 508. The third kappa shape index (κ3) is 3.31. The van der Waals surface area contributed by atoms with Crippen molar-refractivity contribution in [1.82, 2.24) is 0 Å². The van der Waals surface area contributed by atoms with Crippen LogP contribution in [0.3, 0.4) is 0 Å². The predicted octanol–water partition coefficient (Wildman–Crippen LogP) is 3.02. The fraction of sp³-hybridized carbons (Fsp3) is 0.143. The number of nitro benzene ring substituents is 1. The highest BCUT2D eigenvalue weighted by molar-refractivity contribution is 5.34. The molecule has 2 rings (SSSR count). The van der Waals surface area contributed by atoms with Gasteiger partial charge in [0.2, 0.25) is 0 Å². The van der Waals surface area contributed by atoms with Crippen LogP contribution in [-0.4, -0.2) is 11.5 Å². The van der Waals surface area contributed by atoms with Crippen LogP contribution in [0.25, 0.3) is 0 Å². The minimum Gasteiger partial charge on any atom is -0.493 e. The molecule has 0 atom stereocenters. The van der Waals surface area contributed by atoms with Crippen LogP contribution in [0.2, 0.25) is 0 Å². The van der Waals surface area contributed by atoms with Crippen molar-refractivity contribution in [1.29, 1.82) is 0 Å². The maximum absolute atomic E-state index is 10.4. The van der Waals surface area contributed by atoms with Gasteiger partial charge in [0.05, 0.1) is 17.6 Å². The minimum absolute atomic E-state index is 0.0505. The first-order chi connectivity index (χ1) is 8.75. The molecule has 0 aliphatic rings. The van der Waals surface area contributed by atoms with Crippen LogP contribution < -0.4 is 4.74 Å². The van der Waals surface area contributed by atoms with Crippen LogP contribution in [0.15, 0.2) is 48.5 Å². The van der Waals surface area contributed by atoms with Gasteiger partial charge >= 0.3 is 0 Å². The maximum Gasteiger partial charge on any atom is 0.277 e. The van der Waals surface area contributed by atoms with E-state index in [4.69, 9.17) is 4.74 Å². The van der Waals surface area contributed by atoms with E-state index in [1.807, 2.05) is 30.3 Å². The molecular weight excluding hydrogens is 230 g/mol. The number of hydrogen-bond acceptors (Lipinski definition) is 3. The average Bonchev–Trinajstić information content (AvgIpc) is 2.40. The number of hydrogen-bond donors (Lipinski definition) is 0. The summed E-state index contributed by atoms with van der Waals surface area (Å²) in [5.41, 5.74) is 1.15. The summed E-state index contributed by atoms with van der Waals surface area (Å²) in [6.07, 6.45) is 0.803. The van der Waals surface area contributed by atoms with Gasteiger partial charge in [0.1, 0.15) is 5.75 Å². The Labute approximate surface area is 105 Å². The van der Waals surface area contributed by atoms with Gasteiger partial charge in [0.25, 0.3) is 5.69 Å². The van der Waals surface area contributed by atoms with E-state index in [0.717, 1.165) is 6.42 Å². The number of nitrogens with zero attached hydrogens (tertiary/aromatic N) is 1. The molecular formula is C14H12NO3. The normalized spacial score (nSPS) is 10.0. The van der Waals surface area contributed by atoms with Gasteiger partial charge in [-0.3, -0.25) is 10.1 Å². The van der Waals surface area contributed by atoms with Crippen LogP contribution >= 0.6 is 0 Å². The van der Waals surface area contributed by atoms with E-state index in [1.165, 1.54) is 17.7 Å². The first-order valence-corrected chi connectivity index (χ1v) is 5.58. The standard InChI is InChI=1S/C14H12NO3/c16-15(17)13-6-8-14(9-7-13)18-11-10-12-4-2-1-3-5-12/h1-6,8-9H,10-11H2. The molecule has 2 aromatic rings. The molecule has 0 fully saturated rings. The lowest BCUT2D eigenvalue weighted by molar-refractivity contribution is -0.385. The first-order valence-electron chi connectivity index (χ1n) is 5.58. The molecule has 0 saturated carbocycles. The first kappa shape index (κ1) is 12.1. The van der Waals surface area contributed by atoms with E-state index in [-0.39, 0.29) is 5.69 Å². The summed E-state index contributed by atoms with van der Waals surface area (Å²) in [5.74, 6) is 0.594. The van der Waals surface area contributed by atoms with Crippen molar-refractivity contribution in [2.24, 2.45) is 0 Å². The van der Waals surface area contributed by atoms with E-state index in [2.05, 4.69) is 6.07 Å². The molecule has 4 heteroatoms. The molecule has 0 saturated heterocycles. The van der Waals surface area contributed by atoms with Crippen molar-refractivity contribution in [2.75, 3.05) is 6.61 Å². The van der Waals surface area contributed by atoms with Crippen molar-refractivity contribution in [3.05, 3.63) is 70.3 Å². The molecule has 0 aromatic heterocycles. The van der Waals surface area contributed by atoms with Crippen LogP contribution in [0.4, 0.5) is 5.69 Å². The quantitative estimate of drug-likeness (QED) is 0.598. The van der Waals surface area contributed by atoms with Crippen molar-refractivity contribution < 1.29 is 9.66 Å². The van der Waals surface area contributed by atoms with Crippen molar-refractivity contribution in [2.45, 2.75) is 6.42 Å². The molecule has 0 heterocycles. The summed E-state index contributed by atoms with van der Waals surface area (Å²) in [4.78, 5) is 9.97. The van der Waals surface area contributed by atoms with Crippen LogP contribution in [0, 0.1) is 16.2 Å². The molecule has 0 aliphatic heterocycles. The Morgan fingerprint density at radius 3 is 2.56 bits per heavy atom. The summed E-state index contributed by atoms with van der Waals surface area (Å²) < 4.78 is 5.49. The zero-order chi connectivity index (χ0) is 12.8. The van der Waals surface area contributed by atoms with Gasteiger partial charge in [-0.25, -0.2) is 0 Å². The topological polar surface area (TPSA) is 52.4 Å².